The fourth-order valence-electron chi connectivity index (χ4n) is 7.53. The summed E-state index contributed by atoms with van der Waals surface area (Å²) in [6.45, 7) is 7.52. The maximum Gasteiger partial charge on any atom is 0.325 e. The van der Waals surface area contributed by atoms with E-state index in [-0.39, 0.29) is 35.2 Å². The van der Waals surface area contributed by atoms with Crippen LogP contribution in [0.3, 0.4) is 0 Å². The number of hydrogen-bond donors (Lipinski definition) is 1. The molecule has 5 nitrogen and oxygen atoms in total. The number of aliphatic carboxylic acids is 1. The predicted molar refractivity (Wildman–Crippen MR) is 172 cm³/mol. The van der Waals surface area contributed by atoms with Crippen molar-refractivity contribution in [3.8, 4) is 0 Å². The van der Waals surface area contributed by atoms with Crippen LogP contribution in [0, 0.1) is 18.6 Å². The van der Waals surface area contributed by atoms with Gasteiger partial charge in [0, 0.05) is 5.02 Å². The molecule has 3 aliphatic rings. The Bertz CT molecular complexity index is 1270. The Hall–Kier alpha value is -2.06. The molecule has 5 rings (SSSR count). The molecular formula is C36H49ClF2N2O3. The van der Waals surface area contributed by atoms with Crippen molar-refractivity contribution in [3.63, 3.8) is 0 Å². The number of benzene rings is 2. The van der Waals surface area contributed by atoms with Gasteiger partial charge >= 0.3 is 5.97 Å². The van der Waals surface area contributed by atoms with Crippen molar-refractivity contribution in [2.24, 2.45) is 0 Å². The third kappa shape index (κ3) is 8.39. The zero-order chi connectivity index (χ0) is 31.4. The first kappa shape index (κ1) is 33.3. The van der Waals surface area contributed by atoms with Gasteiger partial charge in [-0.15, -0.1) is 0 Å². The van der Waals surface area contributed by atoms with Crippen LogP contribution in [0.2, 0.25) is 5.02 Å². The van der Waals surface area contributed by atoms with Crippen molar-refractivity contribution < 1.29 is 23.4 Å². The maximum absolute atomic E-state index is 15.0. The molecule has 1 saturated heterocycles. The van der Waals surface area contributed by atoms with Crippen molar-refractivity contribution in [2.75, 3.05) is 33.2 Å². The summed E-state index contributed by atoms with van der Waals surface area (Å²) in [6.07, 6.45) is 11.1. The number of likely N-dealkylation sites (N-methyl/N-ethyl adjacent to an activating group) is 1. The number of carboxylic acids is 1. The summed E-state index contributed by atoms with van der Waals surface area (Å²) in [6, 6.07) is 6.90. The van der Waals surface area contributed by atoms with Crippen LogP contribution in [-0.2, 0) is 9.53 Å². The van der Waals surface area contributed by atoms with E-state index in [0.717, 1.165) is 75.7 Å². The highest BCUT2D eigenvalue weighted by molar-refractivity contribution is 6.30. The van der Waals surface area contributed by atoms with E-state index < -0.39 is 12.0 Å². The van der Waals surface area contributed by atoms with Crippen LogP contribution in [0.5, 0.6) is 0 Å². The van der Waals surface area contributed by atoms with E-state index in [1.807, 2.05) is 18.0 Å². The molecule has 1 heterocycles. The molecule has 2 aliphatic carbocycles. The van der Waals surface area contributed by atoms with E-state index in [9.17, 15) is 14.3 Å². The van der Waals surface area contributed by atoms with Gasteiger partial charge in [0.05, 0.1) is 11.7 Å². The molecule has 8 heteroatoms. The smallest absolute Gasteiger partial charge is 0.325 e. The van der Waals surface area contributed by atoms with Gasteiger partial charge in [-0.25, -0.2) is 8.78 Å². The van der Waals surface area contributed by atoms with Crippen LogP contribution in [-0.4, -0.2) is 65.8 Å². The fraction of sp³-hybridized carbons (Fsp3) is 0.639. The summed E-state index contributed by atoms with van der Waals surface area (Å²) < 4.78 is 35.8. The number of halogens is 3. The summed E-state index contributed by atoms with van der Waals surface area (Å²) in [5.74, 6) is -1.48. The lowest BCUT2D eigenvalue weighted by Crippen LogP contribution is -2.35. The Morgan fingerprint density at radius 3 is 2.43 bits per heavy atom. The minimum Gasteiger partial charge on any atom is -0.480 e. The number of carbonyl (C=O) groups is 1. The average molecular weight is 631 g/mol. The number of likely N-dealkylation sites (tertiary alicyclic amines) is 1. The zero-order valence-electron chi connectivity index (χ0n) is 26.6. The molecule has 0 amide bonds. The topological polar surface area (TPSA) is 53.0 Å². The number of nitrogens with zero attached hydrogens (tertiary/aromatic N) is 2. The minimum absolute atomic E-state index is 0.0248. The van der Waals surface area contributed by atoms with Gasteiger partial charge in [0.25, 0.3) is 0 Å². The molecule has 2 saturated carbocycles. The van der Waals surface area contributed by atoms with Gasteiger partial charge in [-0.1, -0.05) is 24.1 Å². The Balaban J connectivity index is 1.33. The third-order valence-electron chi connectivity index (χ3n) is 10.4. The fourth-order valence-corrected chi connectivity index (χ4v) is 7.76. The molecular weight excluding hydrogens is 582 g/mol. The molecule has 0 bridgehead atoms. The van der Waals surface area contributed by atoms with Gasteiger partial charge in [0.2, 0.25) is 0 Å². The van der Waals surface area contributed by atoms with Crippen LogP contribution < -0.4 is 0 Å². The van der Waals surface area contributed by atoms with Gasteiger partial charge in [0.1, 0.15) is 17.7 Å². The highest BCUT2D eigenvalue weighted by Crippen LogP contribution is 2.45. The molecule has 0 spiro atoms. The lowest BCUT2D eigenvalue weighted by Gasteiger charge is -2.35. The van der Waals surface area contributed by atoms with Gasteiger partial charge < -0.3 is 14.7 Å². The van der Waals surface area contributed by atoms with E-state index in [0.29, 0.717) is 29.1 Å². The van der Waals surface area contributed by atoms with Crippen LogP contribution in [0.15, 0.2) is 30.3 Å². The molecule has 44 heavy (non-hydrogen) atoms. The molecule has 1 N–H and O–H groups in total. The quantitative estimate of drug-likeness (QED) is 0.240. The molecule has 242 valence electrons. The van der Waals surface area contributed by atoms with Gasteiger partial charge in [-0.3, -0.25) is 9.69 Å². The van der Waals surface area contributed by atoms with Gasteiger partial charge in [-0.2, -0.15) is 0 Å². The average Bonchev–Trinajstić information content (AvgIpc) is 3.71. The van der Waals surface area contributed by atoms with E-state index in [1.54, 1.807) is 19.1 Å². The van der Waals surface area contributed by atoms with Crippen molar-refractivity contribution in [2.45, 2.75) is 114 Å². The van der Waals surface area contributed by atoms with Gasteiger partial charge in [-0.05, 0) is 170 Å². The SMILES string of the molecule is Cc1c(F)ccc([C@H](C(=O)O)N(C)CC[C@H](CCN2CCCCC2)c2cc(F)cc(Cl)c2)c1C1CCC(OC2(C)CC2)CC1. The Labute approximate surface area is 266 Å². The highest BCUT2D eigenvalue weighted by atomic mass is 35.5. The standard InChI is InChI=1S/C36H49ClF2N2O3/c1-24-32(39)12-11-31(33(24)26-7-9-30(10-8-26)44-36(2)15-16-36)34(35(42)43)40(3)19-13-25(14-20-41-17-5-4-6-18-41)27-21-28(37)23-29(38)22-27/h11-12,21-23,25-26,30,34H,4-10,13-20H2,1-3H3,(H,42,43)/t25-,26?,30?,34-/m1/s1. The summed E-state index contributed by atoms with van der Waals surface area (Å²) >= 11 is 6.26. The summed E-state index contributed by atoms with van der Waals surface area (Å²) in [4.78, 5) is 17.2. The number of piperidine rings is 1. The second-order valence-corrected chi connectivity index (χ2v) is 14.3. The van der Waals surface area contributed by atoms with Gasteiger partial charge in [0.15, 0.2) is 0 Å². The lowest BCUT2D eigenvalue weighted by molar-refractivity contribution is -0.143. The monoisotopic (exact) mass is 630 g/mol. The Morgan fingerprint density at radius 1 is 1.09 bits per heavy atom. The van der Waals surface area contributed by atoms with Crippen LogP contribution >= 0.6 is 11.6 Å². The van der Waals surface area contributed by atoms with E-state index in [4.69, 9.17) is 16.3 Å². The van der Waals surface area contributed by atoms with Crippen molar-refractivity contribution in [1.82, 2.24) is 9.80 Å². The van der Waals surface area contributed by atoms with Crippen LogP contribution in [0.4, 0.5) is 8.78 Å². The minimum atomic E-state index is -0.947. The molecule has 0 radical (unpaired) electrons. The summed E-state index contributed by atoms with van der Waals surface area (Å²) in [7, 11) is 1.84. The number of ether oxygens (including phenoxy) is 1. The number of hydrogen-bond acceptors (Lipinski definition) is 4. The van der Waals surface area contributed by atoms with E-state index >= 15 is 4.39 Å². The second kappa shape index (κ2) is 14.6. The highest BCUT2D eigenvalue weighted by Gasteiger charge is 2.42. The van der Waals surface area contributed by atoms with E-state index in [1.165, 1.54) is 31.4 Å². The summed E-state index contributed by atoms with van der Waals surface area (Å²) in [5, 5.41) is 10.9. The largest absolute Gasteiger partial charge is 0.480 e. The summed E-state index contributed by atoms with van der Waals surface area (Å²) in [5.41, 5.74) is 2.95. The lowest BCUT2D eigenvalue weighted by atomic mass is 9.77. The Morgan fingerprint density at radius 2 is 1.80 bits per heavy atom. The molecule has 3 fully saturated rings. The first-order valence-electron chi connectivity index (χ1n) is 16.6. The van der Waals surface area contributed by atoms with Crippen LogP contribution in [0.1, 0.15) is 118 Å². The second-order valence-electron chi connectivity index (χ2n) is 13.8. The Kier molecular flexibility index (Phi) is 11.0. The molecule has 0 unspecified atom stereocenters. The van der Waals surface area contributed by atoms with Crippen molar-refractivity contribution in [1.29, 1.82) is 0 Å². The first-order chi connectivity index (χ1) is 21.0. The normalized spacial score (nSPS) is 23.4. The molecule has 2 aromatic carbocycles. The molecule has 2 atom stereocenters. The van der Waals surface area contributed by atoms with Crippen molar-refractivity contribution >= 4 is 17.6 Å². The van der Waals surface area contributed by atoms with Crippen LogP contribution in [0.25, 0.3) is 0 Å². The maximum atomic E-state index is 15.0. The first-order valence-corrected chi connectivity index (χ1v) is 17.0. The zero-order valence-corrected chi connectivity index (χ0v) is 27.4. The van der Waals surface area contributed by atoms with E-state index in [2.05, 4.69) is 11.8 Å². The molecule has 2 aromatic rings. The number of carboxylic acid groups (broad SMARTS) is 1. The third-order valence-corrected chi connectivity index (χ3v) is 10.6. The predicted octanol–water partition coefficient (Wildman–Crippen LogP) is 8.63. The number of rotatable bonds is 13. The molecule has 1 aliphatic heterocycles. The molecule has 0 aromatic heterocycles. The van der Waals surface area contributed by atoms with Crippen molar-refractivity contribution in [3.05, 3.63) is 69.2 Å².